The maximum absolute atomic E-state index is 13.0. The molecule has 0 radical (unpaired) electrons. The van der Waals surface area contributed by atoms with Gasteiger partial charge in [-0.2, -0.15) is 4.52 Å². The third-order valence-electron chi connectivity index (χ3n) is 8.48. The minimum atomic E-state index is 0.253. The molecule has 2 aromatic carbocycles. The van der Waals surface area contributed by atoms with Gasteiger partial charge in [0.25, 0.3) is 5.78 Å². The van der Waals surface area contributed by atoms with Gasteiger partial charge in [0.15, 0.2) is 11.5 Å². The first-order valence-electron chi connectivity index (χ1n) is 14.3. The molecule has 200 valence electrons. The van der Waals surface area contributed by atoms with Crippen LogP contribution in [0.3, 0.4) is 0 Å². The van der Waals surface area contributed by atoms with Gasteiger partial charge in [0.1, 0.15) is 5.82 Å². The number of hydrogen-bond donors (Lipinski definition) is 0. The molecule has 9 nitrogen and oxygen atoms in total. The Labute approximate surface area is 227 Å². The van der Waals surface area contributed by atoms with Crippen molar-refractivity contribution in [3.63, 3.8) is 0 Å². The third-order valence-corrected chi connectivity index (χ3v) is 8.48. The first-order valence-corrected chi connectivity index (χ1v) is 14.3. The van der Waals surface area contributed by atoms with Crippen molar-refractivity contribution in [1.82, 2.24) is 39.0 Å². The van der Waals surface area contributed by atoms with Crippen LogP contribution in [0.1, 0.15) is 50.8 Å². The third kappa shape index (κ3) is 4.54. The van der Waals surface area contributed by atoms with Crippen molar-refractivity contribution in [2.45, 2.75) is 57.4 Å². The zero-order chi connectivity index (χ0) is 26.2. The average Bonchev–Trinajstić information content (AvgIpc) is 3.64. The van der Waals surface area contributed by atoms with Gasteiger partial charge in [-0.25, -0.2) is 4.98 Å². The summed E-state index contributed by atoms with van der Waals surface area (Å²) in [6.07, 6.45) is 8.67. The molecule has 2 aliphatic rings. The minimum Gasteiger partial charge on any atom is -0.340 e. The largest absolute Gasteiger partial charge is 0.340 e. The highest BCUT2D eigenvalue weighted by Gasteiger charge is 2.27. The van der Waals surface area contributed by atoms with Crippen molar-refractivity contribution < 1.29 is 4.79 Å². The SMILES string of the molecule is O=C(CCCc1nnc2n3nc(-c4ccccc4)nc3c3ccccc3n12)N1CCN(C2CCCCC2)CC1. The van der Waals surface area contributed by atoms with Crippen LogP contribution in [-0.4, -0.2) is 77.1 Å². The molecule has 0 unspecified atom stereocenters. The fourth-order valence-electron chi connectivity index (χ4n) is 6.38. The quantitative estimate of drug-likeness (QED) is 0.329. The van der Waals surface area contributed by atoms with Crippen LogP contribution in [0.15, 0.2) is 54.6 Å². The second-order valence-electron chi connectivity index (χ2n) is 10.9. The van der Waals surface area contributed by atoms with Crippen LogP contribution in [0, 0.1) is 0 Å². The van der Waals surface area contributed by atoms with Crippen LogP contribution in [-0.2, 0) is 11.2 Å². The topological polar surface area (TPSA) is 83.9 Å². The van der Waals surface area contributed by atoms with Crippen LogP contribution in [0.4, 0.5) is 0 Å². The lowest BCUT2D eigenvalue weighted by Gasteiger charge is -2.40. The van der Waals surface area contributed by atoms with E-state index in [-0.39, 0.29) is 5.91 Å². The summed E-state index contributed by atoms with van der Waals surface area (Å²) in [6.45, 7) is 3.72. The van der Waals surface area contributed by atoms with E-state index in [1.54, 1.807) is 4.52 Å². The lowest BCUT2D eigenvalue weighted by atomic mass is 9.94. The maximum atomic E-state index is 13.0. The lowest BCUT2D eigenvalue weighted by molar-refractivity contribution is -0.133. The highest BCUT2D eigenvalue weighted by molar-refractivity contribution is 5.94. The number of benzene rings is 2. The second kappa shape index (κ2) is 10.4. The molecule has 4 heterocycles. The number of aromatic nitrogens is 6. The normalized spacial score (nSPS) is 17.5. The summed E-state index contributed by atoms with van der Waals surface area (Å²) in [6, 6.07) is 18.9. The van der Waals surface area contributed by atoms with Crippen LogP contribution in [0.25, 0.3) is 33.7 Å². The molecule has 7 rings (SSSR count). The van der Waals surface area contributed by atoms with Crippen LogP contribution in [0.2, 0.25) is 0 Å². The van der Waals surface area contributed by atoms with Gasteiger partial charge in [-0.3, -0.25) is 14.1 Å². The summed E-state index contributed by atoms with van der Waals surface area (Å²) in [7, 11) is 0. The molecule has 0 N–H and O–H groups in total. The first kappa shape index (κ1) is 24.2. The minimum absolute atomic E-state index is 0.253. The Balaban J connectivity index is 1.08. The van der Waals surface area contributed by atoms with Crippen LogP contribution >= 0.6 is 0 Å². The number of nitrogens with zero attached hydrogens (tertiary/aromatic N) is 8. The summed E-state index contributed by atoms with van der Waals surface area (Å²) >= 11 is 0. The molecule has 5 aromatic rings. The zero-order valence-corrected chi connectivity index (χ0v) is 22.2. The predicted molar refractivity (Wildman–Crippen MR) is 150 cm³/mol. The molecule has 1 saturated carbocycles. The molecule has 1 saturated heterocycles. The Bertz CT molecular complexity index is 1610. The molecule has 1 aliphatic heterocycles. The van der Waals surface area contributed by atoms with Crippen molar-refractivity contribution >= 4 is 28.2 Å². The molecule has 9 heteroatoms. The first-order chi connectivity index (χ1) is 19.3. The van der Waals surface area contributed by atoms with E-state index < -0.39 is 0 Å². The monoisotopic (exact) mass is 522 g/mol. The van der Waals surface area contributed by atoms with E-state index in [2.05, 4.69) is 36.5 Å². The fourth-order valence-corrected chi connectivity index (χ4v) is 6.38. The standard InChI is InChI=1S/C30H34N8O/c39-27(36-20-18-35(19-21-36)23-12-5-2-6-13-23)17-9-16-26-32-33-30-37(26)25-15-8-7-14-24(25)29-31-28(34-38(29)30)22-10-3-1-4-11-22/h1,3-4,7-8,10-11,14-15,23H,2,5-6,9,12-13,16-21H2. The number of rotatable bonds is 6. The number of para-hydroxylation sites is 1. The zero-order valence-electron chi connectivity index (χ0n) is 22.2. The second-order valence-corrected chi connectivity index (χ2v) is 10.9. The molecular weight excluding hydrogens is 488 g/mol. The molecule has 0 bridgehead atoms. The van der Waals surface area contributed by atoms with Gasteiger partial charge in [-0.1, -0.05) is 61.7 Å². The smallest absolute Gasteiger partial charge is 0.258 e. The Morgan fingerprint density at radius 1 is 0.872 bits per heavy atom. The lowest BCUT2D eigenvalue weighted by Crippen LogP contribution is -2.52. The highest BCUT2D eigenvalue weighted by atomic mass is 16.2. The number of fused-ring (bicyclic) bond motifs is 6. The van der Waals surface area contributed by atoms with Gasteiger partial charge in [-0.05, 0) is 31.4 Å². The molecule has 1 amide bonds. The van der Waals surface area contributed by atoms with E-state index in [9.17, 15) is 4.79 Å². The molecular formula is C30H34N8O. The summed E-state index contributed by atoms with van der Waals surface area (Å²) in [5, 5.41) is 14.9. The molecule has 3 aromatic heterocycles. The number of amides is 1. The van der Waals surface area contributed by atoms with E-state index in [4.69, 9.17) is 10.1 Å². The average molecular weight is 523 g/mol. The number of aryl methyl sites for hydroxylation is 1. The van der Waals surface area contributed by atoms with Gasteiger partial charge in [-0.15, -0.1) is 15.3 Å². The van der Waals surface area contributed by atoms with Gasteiger partial charge in [0, 0.05) is 56.0 Å². The van der Waals surface area contributed by atoms with Crippen molar-refractivity contribution in [3.8, 4) is 11.4 Å². The number of hydrogen-bond acceptors (Lipinski definition) is 6. The van der Waals surface area contributed by atoms with Gasteiger partial charge >= 0.3 is 0 Å². The molecule has 39 heavy (non-hydrogen) atoms. The van der Waals surface area contributed by atoms with E-state index in [0.717, 1.165) is 66.6 Å². The number of carbonyl (C=O) groups is 1. The number of carbonyl (C=O) groups excluding carboxylic acids is 1. The molecule has 0 atom stereocenters. The van der Waals surface area contributed by atoms with Crippen molar-refractivity contribution in [2.75, 3.05) is 26.2 Å². The van der Waals surface area contributed by atoms with E-state index in [1.807, 2.05) is 42.5 Å². The Hall–Kier alpha value is -3.85. The van der Waals surface area contributed by atoms with Crippen LogP contribution in [0.5, 0.6) is 0 Å². The summed E-state index contributed by atoms with van der Waals surface area (Å²) < 4.78 is 3.86. The van der Waals surface area contributed by atoms with E-state index in [0.29, 0.717) is 24.4 Å². The Morgan fingerprint density at radius 3 is 2.46 bits per heavy atom. The number of piperazine rings is 1. The van der Waals surface area contributed by atoms with E-state index in [1.165, 1.54) is 32.1 Å². The summed E-state index contributed by atoms with van der Waals surface area (Å²) in [4.78, 5) is 22.6. The van der Waals surface area contributed by atoms with Crippen molar-refractivity contribution in [3.05, 3.63) is 60.4 Å². The molecule has 2 fully saturated rings. The van der Waals surface area contributed by atoms with E-state index >= 15 is 0 Å². The van der Waals surface area contributed by atoms with Crippen molar-refractivity contribution in [2.24, 2.45) is 0 Å². The summed E-state index contributed by atoms with van der Waals surface area (Å²) in [5.41, 5.74) is 2.72. The molecule has 1 aliphatic carbocycles. The maximum Gasteiger partial charge on any atom is 0.258 e. The fraction of sp³-hybridized carbons (Fsp3) is 0.433. The van der Waals surface area contributed by atoms with Crippen LogP contribution < -0.4 is 0 Å². The van der Waals surface area contributed by atoms with Gasteiger partial charge < -0.3 is 4.90 Å². The van der Waals surface area contributed by atoms with Gasteiger partial charge in [0.05, 0.1) is 5.52 Å². The molecule has 0 spiro atoms. The highest BCUT2D eigenvalue weighted by Crippen LogP contribution is 2.26. The van der Waals surface area contributed by atoms with Gasteiger partial charge in [0.2, 0.25) is 5.91 Å². The Kier molecular flexibility index (Phi) is 6.44. The van der Waals surface area contributed by atoms with Crippen molar-refractivity contribution in [1.29, 1.82) is 0 Å². The summed E-state index contributed by atoms with van der Waals surface area (Å²) in [5.74, 6) is 2.39. The Morgan fingerprint density at radius 2 is 1.64 bits per heavy atom. The predicted octanol–water partition coefficient (Wildman–Crippen LogP) is 4.39.